The molecule has 0 radical (unpaired) electrons. The Balaban J connectivity index is 1.75. The van der Waals surface area contributed by atoms with Crippen molar-refractivity contribution in [1.29, 1.82) is 0 Å². The quantitative estimate of drug-likeness (QED) is 0.290. The van der Waals surface area contributed by atoms with Crippen LogP contribution in [0.15, 0.2) is 12.7 Å². The maximum absolute atomic E-state index is 14.5. The summed E-state index contributed by atoms with van der Waals surface area (Å²) >= 11 is 1.37. The number of aliphatic hydroxyl groups is 1. The Morgan fingerprint density at radius 1 is 1.06 bits per heavy atom. The van der Waals surface area contributed by atoms with Crippen molar-refractivity contribution >= 4 is 35.3 Å². The molecule has 0 spiro atoms. The number of aromatic nitrogens is 3. The van der Waals surface area contributed by atoms with E-state index in [1.807, 2.05) is 39.8 Å². The SMILES string of the molecule is CC[C@H]1OC(=O)[C@H](C)C(=O)[C@H](C)[C@@H](O[C@@H]2O[C@H](C)C[C@H](N(C)C)[C@H]2O)[C@](C)(OC)C[C@@H](C)C(=O)[C@H](C)[C@H]2[C@H](SCCn3cncn3)C(=O)O[C@@]21C. The van der Waals surface area contributed by atoms with Gasteiger partial charge in [-0.05, 0) is 61.1 Å². The van der Waals surface area contributed by atoms with Gasteiger partial charge in [-0.2, -0.15) is 5.10 Å². The molecule has 0 unspecified atom stereocenters. The van der Waals surface area contributed by atoms with E-state index in [-0.39, 0.29) is 30.8 Å². The average molecular weight is 739 g/mol. The van der Waals surface area contributed by atoms with E-state index in [0.717, 1.165) is 0 Å². The smallest absolute Gasteiger partial charge is 0.320 e. The lowest BCUT2D eigenvalue weighted by Crippen LogP contribution is -2.59. The van der Waals surface area contributed by atoms with Crippen LogP contribution in [-0.2, 0) is 49.4 Å². The Morgan fingerprint density at radius 3 is 2.33 bits per heavy atom. The third-order valence-corrected chi connectivity index (χ3v) is 12.6. The first-order valence-electron chi connectivity index (χ1n) is 18.0. The molecule has 14 atom stereocenters. The van der Waals surface area contributed by atoms with E-state index in [2.05, 4.69) is 10.1 Å². The van der Waals surface area contributed by atoms with Gasteiger partial charge in [0, 0.05) is 42.6 Å². The number of ether oxygens (including phenoxy) is 5. The van der Waals surface area contributed by atoms with Crippen molar-refractivity contribution in [3.63, 3.8) is 0 Å². The largest absolute Gasteiger partial charge is 0.458 e. The minimum Gasteiger partial charge on any atom is -0.458 e. The van der Waals surface area contributed by atoms with Gasteiger partial charge in [-0.3, -0.25) is 23.9 Å². The Morgan fingerprint density at radius 2 is 1.75 bits per heavy atom. The highest BCUT2D eigenvalue weighted by Crippen LogP contribution is 2.49. The molecule has 0 bridgehead atoms. The third kappa shape index (κ3) is 8.54. The molecular formula is C36H58N4O10S. The van der Waals surface area contributed by atoms with Crippen LogP contribution in [0.3, 0.4) is 0 Å². The lowest BCUT2D eigenvalue weighted by atomic mass is 9.70. The highest BCUT2D eigenvalue weighted by molar-refractivity contribution is 8.00. The van der Waals surface area contributed by atoms with Crippen molar-refractivity contribution in [3.8, 4) is 0 Å². The van der Waals surface area contributed by atoms with Gasteiger partial charge in [0.2, 0.25) is 0 Å². The average Bonchev–Trinajstić information content (AvgIpc) is 3.70. The second kappa shape index (κ2) is 16.7. The van der Waals surface area contributed by atoms with Gasteiger partial charge in [0.05, 0.1) is 24.4 Å². The summed E-state index contributed by atoms with van der Waals surface area (Å²) in [7, 11) is 5.23. The number of fused-ring (bicyclic) bond motifs is 1. The number of ketones is 2. The summed E-state index contributed by atoms with van der Waals surface area (Å²) in [5.74, 6) is -5.47. The monoisotopic (exact) mass is 738 g/mol. The minimum atomic E-state index is -1.34. The van der Waals surface area contributed by atoms with Crippen LogP contribution in [0.5, 0.6) is 0 Å². The van der Waals surface area contributed by atoms with Crippen LogP contribution < -0.4 is 0 Å². The molecule has 3 saturated heterocycles. The number of hydrogen-bond acceptors (Lipinski definition) is 14. The first-order valence-corrected chi connectivity index (χ1v) is 19.1. The molecular weight excluding hydrogens is 680 g/mol. The zero-order valence-electron chi connectivity index (χ0n) is 31.9. The minimum absolute atomic E-state index is 0.130. The van der Waals surface area contributed by atoms with Gasteiger partial charge in [0.25, 0.3) is 0 Å². The summed E-state index contributed by atoms with van der Waals surface area (Å²) in [4.78, 5) is 62.1. The third-order valence-electron chi connectivity index (χ3n) is 11.4. The fraction of sp³-hybridized carbons (Fsp3) is 0.833. The van der Waals surface area contributed by atoms with E-state index in [4.69, 9.17) is 23.7 Å². The zero-order valence-corrected chi connectivity index (χ0v) is 32.8. The second-order valence-corrected chi connectivity index (χ2v) is 16.5. The van der Waals surface area contributed by atoms with Gasteiger partial charge in [-0.25, -0.2) is 4.98 Å². The number of carbonyl (C=O) groups is 4. The molecule has 51 heavy (non-hydrogen) atoms. The van der Waals surface area contributed by atoms with Gasteiger partial charge in [-0.15, -0.1) is 11.8 Å². The molecule has 1 aromatic heterocycles. The van der Waals surface area contributed by atoms with Gasteiger partial charge in [0.15, 0.2) is 17.7 Å². The molecule has 0 aliphatic carbocycles. The topological polar surface area (TPSA) is 169 Å². The summed E-state index contributed by atoms with van der Waals surface area (Å²) in [6.07, 6.45) is -0.333. The van der Waals surface area contributed by atoms with Crippen LogP contribution in [0.4, 0.5) is 0 Å². The van der Waals surface area contributed by atoms with Gasteiger partial charge < -0.3 is 33.7 Å². The number of esters is 2. The normalized spacial score (nSPS) is 41.6. The molecule has 1 N–H and O–H groups in total. The number of cyclic esters (lactones) is 1. The van der Waals surface area contributed by atoms with Crippen LogP contribution in [0, 0.1) is 29.6 Å². The van der Waals surface area contributed by atoms with Crippen LogP contribution in [0.25, 0.3) is 0 Å². The van der Waals surface area contributed by atoms with Crippen molar-refractivity contribution in [3.05, 3.63) is 12.7 Å². The van der Waals surface area contributed by atoms with E-state index in [9.17, 15) is 24.3 Å². The Hall–Kier alpha value is -2.43. The molecule has 0 saturated carbocycles. The molecule has 1 aromatic rings. The predicted octanol–water partition coefficient (Wildman–Crippen LogP) is 2.94. The van der Waals surface area contributed by atoms with Crippen molar-refractivity contribution in [2.24, 2.45) is 29.6 Å². The fourth-order valence-electron chi connectivity index (χ4n) is 8.37. The summed E-state index contributed by atoms with van der Waals surface area (Å²) in [6.45, 7) is 14.5. The van der Waals surface area contributed by atoms with E-state index in [1.54, 1.807) is 38.7 Å². The standard InChI is InChI=1S/C36H58N4O10S/c1-12-25-36(8)26(30(33(45)50-36)51-14-13-40-18-37-17-38-40)21(4)27(41)19(2)16-35(7,46-11)31(22(5)28(42)23(6)32(44)48-25)49-34-29(43)24(39(9)10)15-20(3)47-34/h17-26,29-31,34,43H,12-16H2,1-11H3/t19-,20-,21-,22+,23-,24+,25-,26+,29-,30+,31-,34+,35-,36-/m1/s1. The number of carbonyl (C=O) groups excluding carboxylic acids is 4. The van der Waals surface area contributed by atoms with Crippen LogP contribution in [0.1, 0.15) is 74.7 Å². The van der Waals surface area contributed by atoms with Gasteiger partial charge in [-0.1, -0.05) is 27.7 Å². The zero-order chi connectivity index (χ0) is 38.0. The molecule has 14 nitrogen and oxygen atoms in total. The lowest BCUT2D eigenvalue weighted by Gasteiger charge is -2.47. The predicted molar refractivity (Wildman–Crippen MR) is 188 cm³/mol. The van der Waals surface area contributed by atoms with Gasteiger partial charge >= 0.3 is 11.9 Å². The number of rotatable bonds is 9. The number of nitrogens with zero attached hydrogens (tertiary/aromatic N) is 4. The molecule has 3 fully saturated rings. The van der Waals surface area contributed by atoms with E-state index < -0.39 is 88.4 Å². The lowest BCUT2D eigenvalue weighted by molar-refractivity contribution is -0.295. The second-order valence-electron chi connectivity index (χ2n) is 15.3. The fourth-order valence-corrected chi connectivity index (χ4v) is 9.81. The Labute approximate surface area is 306 Å². The molecule has 0 amide bonds. The van der Waals surface area contributed by atoms with E-state index in [0.29, 0.717) is 18.7 Å². The van der Waals surface area contributed by atoms with Crippen molar-refractivity contribution in [2.45, 2.75) is 134 Å². The maximum atomic E-state index is 14.5. The molecule has 0 aromatic carbocycles. The number of thioether (sulfide) groups is 1. The first kappa shape index (κ1) is 41.3. The number of methoxy groups -OCH3 is 1. The molecule has 3 aliphatic heterocycles. The Kier molecular flexibility index (Phi) is 13.5. The number of aryl methyl sites for hydroxylation is 1. The number of aliphatic hydroxyl groups excluding tert-OH is 1. The highest BCUT2D eigenvalue weighted by atomic mass is 32.2. The van der Waals surface area contributed by atoms with E-state index in [1.165, 1.54) is 32.1 Å². The molecule has 15 heteroatoms. The van der Waals surface area contributed by atoms with Crippen molar-refractivity contribution < 1.29 is 48.0 Å². The first-order chi connectivity index (χ1) is 23.9. The summed E-state index contributed by atoms with van der Waals surface area (Å²) in [5, 5.41) is 14.8. The van der Waals surface area contributed by atoms with Crippen LogP contribution >= 0.6 is 11.8 Å². The molecule has 4 rings (SSSR count). The van der Waals surface area contributed by atoms with Crippen LogP contribution in [-0.4, -0.2) is 128 Å². The molecule has 288 valence electrons. The van der Waals surface area contributed by atoms with Crippen LogP contribution in [0.2, 0.25) is 0 Å². The number of hydrogen-bond donors (Lipinski definition) is 1. The summed E-state index contributed by atoms with van der Waals surface area (Å²) < 4.78 is 32.7. The number of Topliss-reactive ketones (excluding diaryl/α,β-unsaturated/α-hetero) is 2. The molecule has 3 aliphatic rings. The van der Waals surface area contributed by atoms with Gasteiger partial charge in [0.1, 0.15) is 41.8 Å². The van der Waals surface area contributed by atoms with Crippen molar-refractivity contribution in [2.75, 3.05) is 27.0 Å². The maximum Gasteiger partial charge on any atom is 0.320 e. The molecule has 4 heterocycles. The van der Waals surface area contributed by atoms with E-state index >= 15 is 0 Å². The van der Waals surface area contributed by atoms with Crippen molar-refractivity contribution in [1.82, 2.24) is 19.7 Å². The summed E-state index contributed by atoms with van der Waals surface area (Å²) in [5.41, 5.74) is -2.59. The highest BCUT2D eigenvalue weighted by Gasteiger charge is 2.61. The number of likely N-dealkylation sites (N-methyl/N-ethyl adjacent to an activating group) is 1. The Bertz CT molecular complexity index is 1380. The summed E-state index contributed by atoms with van der Waals surface area (Å²) in [6, 6.07) is -0.272.